The van der Waals surface area contributed by atoms with Gasteiger partial charge in [-0.05, 0) is 35.8 Å². The van der Waals surface area contributed by atoms with E-state index in [1.54, 1.807) is 0 Å². The normalized spacial score (nSPS) is 12.1. The van der Waals surface area contributed by atoms with Crippen molar-refractivity contribution in [3.05, 3.63) is 35.4 Å². The number of hydrogen-bond donors (Lipinski definition) is 1. The van der Waals surface area contributed by atoms with Crippen LogP contribution in [0.5, 0.6) is 0 Å². The molecule has 1 unspecified atom stereocenters. The van der Waals surface area contributed by atoms with Gasteiger partial charge in [0.15, 0.2) is 0 Å². The highest BCUT2D eigenvalue weighted by Crippen LogP contribution is 2.10. The molecule has 1 rings (SSSR count). The van der Waals surface area contributed by atoms with Crippen LogP contribution in [0.4, 0.5) is 0 Å². The third-order valence-corrected chi connectivity index (χ3v) is 2.60. The maximum atomic E-state index is 8.59. The Kier molecular flexibility index (Phi) is 3.85. The molecular weight excluding hydrogens is 178 g/mol. The van der Waals surface area contributed by atoms with Gasteiger partial charge in [-0.3, -0.25) is 0 Å². The zero-order chi connectivity index (χ0) is 9.68. The second-order valence-electron chi connectivity index (χ2n) is 3.30. The van der Waals surface area contributed by atoms with E-state index in [0.717, 1.165) is 17.7 Å². The van der Waals surface area contributed by atoms with Gasteiger partial charge in [-0.2, -0.15) is 17.9 Å². The van der Waals surface area contributed by atoms with Crippen LogP contribution in [0.25, 0.3) is 0 Å². The smallest absolute Gasteiger partial charge is 0.0991 e. The highest BCUT2D eigenvalue weighted by atomic mass is 32.1. The molecule has 0 N–H and O–H groups in total. The second-order valence-corrected chi connectivity index (χ2v) is 3.67. The topological polar surface area (TPSA) is 23.8 Å². The van der Waals surface area contributed by atoms with Gasteiger partial charge in [-0.25, -0.2) is 0 Å². The van der Waals surface area contributed by atoms with Gasteiger partial charge < -0.3 is 0 Å². The summed E-state index contributed by atoms with van der Waals surface area (Å²) in [6.07, 6.45) is 1.04. The number of rotatable bonds is 3. The van der Waals surface area contributed by atoms with E-state index in [2.05, 4.69) is 25.6 Å². The van der Waals surface area contributed by atoms with Crippen molar-refractivity contribution in [3.63, 3.8) is 0 Å². The Morgan fingerprint density at radius 2 is 2.00 bits per heavy atom. The quantitative estimate of drug-likeness (QED) is 0.730. The average Bonchev–Trinajstić information content (AvgIpc) is 2.19. The third kappa shape index (κ3) is 3.12. The molecule has 0 radical (unpaired) electrons. The fourth-order valence-electron chi connectivity index (χ4n) is 1.18. The summed E-state index contributed by atoms with van der Waals surface area (Å²) in [5, 5.41) is 8.59. The van der Waals surface area contributed by atoms with E-state index in [9.17, 15) is 0 Å². The number of benzene rings is 1. The van der Waals surface area contributed by atoms with Crippen molar-refractivity contribution < 1.29 is 0 Å². The van der Waals surface area contributed by atoms with Gasteiger partial charge in [0.05, 0.1) is 11.6 Å². The molecule has 0 aliphatic rings. The summed E-state index contributed by atoms with van der Waals surface area (Å²) in [6, 6.07) is 9.85. The first-order chi connectivity index (χ1) is 6.26. The number of thiol groups is 1. The lowest BCUT2D eigenvalue weighted by atomic mass is 10.0. The molecule has 1 aromatic rings. The molecule has 0 bridgehead atoms. The molecular formula is C11H13NS. The zero-order valence-electron chi connectivity index (χ0n) is 7.70. The molecule has 0 amide bonds. The Hall–Kier alpha value is -0.940. The summed E-state index contributed by atoms with van der Waals surface area (Å²) >= 11 is 4.23. The molecule has 1 aromatic carbocycles. The monoisotopic (exact) mass is 191 g/mol. The summed E-state index contributed by atoms with van der Waals surface area (Å²) in [5.41, 5.74) is 2.00. The first-order valence-corrected chi connectivity index (χ1v) is 4.99. The minimum absolute atomic E-state index is 0.594. The van der Waals surface area contributed by atoms with Crippen LogP contribution in [0.3, 0.4) is 0 Å². The Labute approximate surface area is 84.8 Å². The van der Waals surface area contributed by atoms with Crippen molar-refractivity contribution in [1.82, 2.24) is 0 Å². The lowest BCUT2D eigenvalue weighted by Gasteiger charge is -2.07. The lowest BCUT2D eigenvalue weighted by molar-refractivity contribution is 0.660. The summed E-state index contributed by atoms with van der Waals surface area (Å²) in [5.74, 6) is 1.50. The molecule has 0 saturated carbocycles. The fraction of sp³-hybridized carbons (Fsp3) is 0.364. The predicted molar refractivity (Wildman–Crippen MR) is 57.9 cm³/mol. The molecule has 0 spiro atoms. The molecule has 0 saturated heterocycles. The molecule has 0 fully saturated rings. The van der Waals surface area contributed by atoms with Crippen LogP contribution >= 0.6 is 12.6 Å². The van der Waals surface area contributed by atoms with E-state index >= 15 is 0 Å². The minimum atomic E-state index is 0.594. The van der Waals surface area contributed by atoms with E-state index in [0.29, 0.717) is 5.92 Å². The molecule has 0 aliphatic carbocycles. The predicted octanol–water partition coefficient (Wildman–Crippen LogP) is 2.67. The average molecular weight is 191 g/mol. The largest absolute Gasteiger partial charge is 0.192 e. The van der Waals surface area contributed by atoms with Crippen molar-refractivity contribution >= 4 is 12.6 Å². The first-order valence-electron chi connectivity index (χ1n) is 4.36. The molecule has 1 nitrogen and oxygen atoms in total. The molecule has 0 heterocycles. The van der Waals surface area contributed by atoms with Crippen molar-refractivity contribution in [1.29, 1.82) is 5.26 Å². The summed E-state index contributed by atoms with van der Waals surface area (Å²) in [7, 11) is 0. The van der Waals surface area contributed by atoms with Gasteiger partial charge in [0.25, 0.3) is 0 Å². The highest BCUT2D eigenvalue weighted by molar-refractivity contribution is 7.80. The van der Waals surface area contributed by atoms with Gasteiger partial charge in [-0.1, -0.05) is 19.1 Å². The van der Waals surface area contributed by atoms with Gasteiger partial charge >= 0.3 is 0 Å². The van der Waals surface area contributed by atoms with E-state index in [4.69, 9.17) is 5.26 Å². The van der Waals surface area contributed by atoms with Crippen LogP contribution in [0.1, 0.15) is 18.1 Å². The van der Waals surface area contributed by atoms with Crippen LogP contribution in [0.15, 0.2) is 24.3 Å². The highest BCUT2D eigenvalue weighted by Gasteiger charge is 2.00. The SMILES string of the molecule is CC(CS)Cc1ccc(C#N)cc1. The van der Waals surface area contributed by atoms with E-state index in [1.165, 1.54) is 5.56 Å². The zero-order valence-corrected chi connectivity index (χ0v) is 8.59. The van der Waals surface area contributed by atoms with Crippen LogP contribution in [-0.4, -0.2) is 5.75 Å². The van der Waals surface area contributed by atoms with Crippen molar-refractivity contribution in [2.75, 3.05) is 5.75 Å². The molecule has 1 atom stereocenters. The third-order valence-electron chi connectivity index (χ3n) is 1.98. The Morgan fingerprint density at radius 3 is 2.46 bits per heavy atom. The Balaban J connectivity index is 2.65. The van der Waals surface area contributed by atoms with Gasteiger partial charge in [0.1, 0.15) is 0 Å². The van der Waals surface area contributed by atoms with Crippen molar-refractivity contribution in [3.8, 4) is 6.07 Å². The van der Waals surface area contributed by atoms with Gasteiger partial charge in [0.2, 0.25) is 0 Å². The molecule has 68 valence electrons. The minimum Gasteiger partial charge on any atom is -0.192 e. The number of hydrogen-bond acceptors (Lipinski definition) is 2. The summed E-state index contributed by atoms with van der Waals surface area (Å²) < 4.78 is 0. The number of nitrogens with zero attached hydrogens (tertiary/aromatic N) is 1. The standard InChI is InChI=1S/C11H13NS/c1-9(8-13)6-10-2-4-11(7-12)5-3-10/h2-5,9,13H,6,8H2,1H3. The second kappa shape index (κ2) is 4.94. The number of nitriles is 1. The van der Waals surface area contributed by atoms with E-state index < -0.39 is 0 Å². The first kappa shape index (κ1) is 10.1. The molecule has 2 heteroatoms. The van der Waals surface area contributed by atoms with E-state index in [-0.39, 0.29) is 0 Å². The molecule has 13 heavy (non-hydrogen) atoms. The van der Waals surface area contributed by atoms with Crippen LogP contribution in [-0.2, 0) is 6.42 Å². The van der Waals surface area contributed by atoms with Crippen molar-refractivity contribution in [2.45, 2.75) is 13.3 Å². The maximum absolute atomic E-state index is 8.59. The molecule has 0 aromatic heterocycles. The maximum Gasteiger partial charge on any atom is 0.0991 e. The fourth-order valence-corrected chi connectivity index (χ4v) is 1.31. The van der Waals surface area contributed by atoms with E-state index in [1.807, 2.05) is 24.3 Å². The Bertz CT molecular complexity index is 297. The van der Waals surface area contributed by atoms with Gasteiger partial charge in [-0.15, -0.1) is 0 Å². The van der Waals surface area contributed by atoms with Crippen molar-refractivity contribution in [2.24, 2.45) is 5.92 Å². The summed E-state index contributed by atoms with van der Waals surface area (Å²) in [6.45, 7) is 2.17. The van der Waals surface area contributed by atoms with Crippen LogP contribution < -0.4 is 0 Å². The molecule has 0 aliphatic heterocycles. The van der Waals surface area contributed by atoms with Crippen LogP contribution in [0, 0.1) is 17.2 Å². The van der Waals surface area contributed by atoms with Gasteiger partial charge in [0, 0.05) is 0 Å². The lowest BCUT2D eigenvalue weighted by Crippen LogP contribution is -2.00. The Morgan fingerprint density at radius 1 is 1.38 bits per heavy atom. The van der Waals surface area contributed by atoms with Crippen LogP contribution in [0.2, 0.25) is 0 Å². The summed E-state index contributed by atoms with van der Waals surface area (Å²) in [4.78, 5) is 0.